The van der Waals surface area contributed by atoms with Crippen molar-refractivity contribution in [3.63, 3.8) is 0 Å². The van der Waals surface area contributed by atoms with Crippen molar-refractivity contribution in [3.8, 4) is 11.5 Å². The standard InChI is InChI=1S/C14H18ClNO4/c1-5-8-16-12(14(17)20-4)9-6-7-10(18-2)13(19-3)11(9)15/h5-7,12,16H,1,8H2,2-4H3. The van der Waals surface area contributed by atoms with E-state index >= 15 is 0 Å². The smallest absolute Gasteiger partial charge is 0.327 e. The Bertz CT molecular complexity index is 490. The van der Waals surface area contributed by atoms with E-state index in [1.54, 1.807) is 18.2 Å². The molecule has 1 N–H and O–H groups in total. The van der Waals surface area contributed by atoms with Gasteiger partial charge in [0.05, 0.1) is 26.4 Å². The number of hydrogen-bond acceptors (Lipinski definition) is 5. The van der Waals surface area contributed by atoms with Gasteiger partial charge in [-0.3, -0.25) is 5.32 Å². The summed E-state index contributed by atoms with van der Waals surface area (Å²) in [6, 6.07) is 2.68. The first-order valence-electron chi connectivity index (χ1n) is 5.93. The largest absolute Gasteiger partial charge is 0.493 e. The maximum atomic E-state index is 11.9. The number of hydrogen-bond donors (Lipinski definition) is 1. The van der Waals surface area contributed by atoms with E-state index in [0.717, 1.165) is 0 Å². The van der Waals surface area contributed by atoms with Crippen LogP contribution in [0.5, 0.6) is 11.5 Å². The first-order valence-corrected chi connectivity index (χ1v) is 6.30. The predicted molar refractivity (Wildman–Crippen MR) is 77.5 cm³/mol. The molecule has 0 aromatic heterocycles. The van der Waals surface area contributed by atoms with E-state index in [4.69, 9.17) is 25.8 Å². The Labute approximate surface area is 123 Å². The highest BCUT2D eigenvalue weighted by molar-refractivity contribution is 6.33. The lowest BCUT2D eigenvalue weighted by Gasteiger charge is -2.19. The van der Waals surface area contributed by atoms with E-state index in [-0.39, 0.29) is 0 Å². The van der Waals surface area contributed by atoms with E-state index in [9.17, 15) is 4.79 Å². The van der Waals surface area contributed by atoms with Gasteiger partial charge in [-0.1, -0.05) is 23.7 Å². The quantitative estimate of drug-likeness (QED) is 0.619. The van der Waals surface area contributed by atoms with E-state index in [1.165, 1.54) is 21.3 Å². The van der Waals surface area contributed by atoms with Crippen LogP contribution in [0.3, 0.4) is 0 Å². The summed E-state index contributed by atoms with van der Waals surface area (Å²) in [5, 5.41) is 3.30. The third-order valence-electron chi connectivity index (χ3n) is 2.73. The summed E-state index contributed by atoms with van der Waals surface area (Å²) < 4.78 is 15.2. The van der Waals surface area contributed by atoms with Crippen molar-refractivity contribution in [1.29, 1.82) is 0 Å². The minimum Gasteiger partial charge on any atom is -0.493 e. The van der Waals surface area contributed by atoms with Crippen LogP contribution in [0.25, 0.3) is 0 Å². The van der Waals surface area contributed by atoms with E-state index < -0.39 is 12.0 Å². The molecule has 0 bridgehead atoms. The van der Waals surface area contributed by atoms with Gasteiger partial charge in [0.2, 0.25) is 0 Å². The number of rotatable bonds is 7. The van der Waals surface area contributed by atoms with Crippen molar-refractivity contribution >= 4 is 17.6 Å². The Morgan fingerprint density at radius 2 is 2.10 bits per heavy atom. The van der Waals surface area contributed by atoms with E-state index in [1.807, 2.05) is 0 Å². The number of nitrogens with one attached hydrogen (secondary N) is 1. The molecule has 0 heterocycles. The molecule has 110 valence electrons. The lowest BCUT2D eigenvalue weighted by Crippen LogP contribution is -2.30. The summed E-state index contributed by atoms with van der Waals surface area (Å²) >= 11 is 6.29. The van der Waals surface area contributed by atoms with Crippen LogP contribution in [-0.2, 0) is 9.53 Å². The fraction of sp³-hybridized carbons (Fsp3) is 0.357. The molecule has 0 aliphatic carbocycles. The molecule has 20 heavy (non-hydrogen) atoms. The van der Waals surface area contributed by atoms with Gasteiger partial charge in [0, 0.05) is 12.1 Å². The van der Waals surface area contributed by atoms with Crippen LogP contribution in [0.1, 0.15) is 11.6 Å². The molecule has 0 radical (unpaired) electrons. The lowest BCUT2D eigenvalue weighted by atomic mass is 10.1. The van der Waals surface area contributed by atoms with Gasteiger partial charge in [-0.25, -0.2) is 4.79 Å². The summed E-state index contributed by atoms with van der Waals surface area (Å²) in [5.74, 6) is 0.426. The summed E-state index contributed by atoms with van der Waals surface area (Å²) in [7, 11) is 4.32. The van der Waals surface area contributed by atoms with Crippen molar-refractivity contribution in [2.75, 3.05) is 27.9 Å². The highest BCUT2D eigenvalue weighted by Gasteiger charge is 2.26. The summed E-state index contributed by atoms with van der Waals surface area (Å²) in [6.45, 7) is 4.04. The van der Waals surface area contributed by atoms with Crippen LogP contribution < -0.4 is 14.8 Å². The molecular weight excluding hydrogens is 282 g/mol. The predicted octanol–water partition coefficient (Wildman–Crippen LogP) is 2.35. The number of methoxy groups -OCH3 is 3. The minimum atomic E-state index is -0.703. The molecule has 0 saturated heterocycles. The molecule has 0 aliphatic heterocycles. The third kappa shape index (κ3) is 3.43. The molecule has 1 aromatic carbocycles. The number of carbonyl (C=O) groups excluding carboxylic acids is 1. The van der Waals surface area contributed by atoms with Gasteiger partial charge >= 0.3 is 5.97 Å². The maximum absolute atomic E-state index is 11.9. The lowest BCUT2D eigenvalue weighted by molar-refractivity contribution is -0.143. The van der Waals surface area contributed by atoms with Crippen molar-refractivity contribution < 1.29 is 19.0 Å². The zero-order valence-electron chi connectivity index (χ0n) is 11.7. The molecule has 1 atom stereocenters. The minimum absolute atomic E-state index is 0.304. The zero-order valence-corrected chi connectivity index (χ0v) is 12.5. The second-order valence-corrected chi connectivity index (χ2v) is 4.24. The highest BCUT2D eigenvalue weighted by Crippen LogP contribution is 2.39. The molecule has 1 rings (SSSR count). The summed E-state index contributed by atoms with van der Waals surface area (Å²) in [5.41, 5.74) is 0.554. The molecule has 0 fully saturated rings. The van der Waals surface area contributed by atoms with Crippen LogP contribution in [0.2, 0.25) is 5.02 Å². The monoisotopic (exact) mass is 299 g/mol. The Morgan fingerprint density at radius 3 is 2.60 bits per heavy atom. The fourth-order valence-electron chi connectivity index (χ4n) is 1.77. The van der Waals surface area contributed by atoms with Crippen molar-refractivity contribution in [2.45, 2.75) is 6.04 Å². The van der Waals surface area contributed by atoms with E-state index in [2.05, 4.69) is 11.9 Å². The SMILES string of the molecule is C=CCNC(C(=O)OC)c1ccc(OC)c(OC)c1Cl. The summed E-state index contributed by atoms with van der Waals surface area (Å²) in [4.78, 5) is 11.9. The molecule has 6 heteroatoms. The Hall–Kier alpha value is -1.72. The molecule has 1 unspecified atom stereocenters. The number of esters is 1. The molecule has 0 saturated carbocycles. The average molecular weight is 300 g/mol. The van der Waals surface area contributed by atoms with Gasteiger partial charge in [0.15, 0.2) is 11.5 Å². The highest BCUT2D eigenvalue weighted by atomic mass is 35.5. The molecule has 1 aromatic rings. The Balaban J connectivity index is 3.25. The van der Waals surface area contributed by atoms with Crippen LogP contribution in [0, 0.1) is 0 Å². The summed E-state index contributed by atoms with van der Waals surface area (Å²) in [6.07, 6.45) is 1.64. The van der Waals surface area contributed by atoms with Crippen LogP contribution in [0.15, 0.2) is 24.8 Å². The second-order valence-electron chi connectivity index (χ2n) is 3.86. The third-order valence-corrected chi connectivity index (χ3v) is 3.12. The molecular formula is C14H18ClNO4. The van der Waals surface area contributed by atoms with Gasteiger partial charge in [-0.05, 0) is 6.07 Å². The van der Waals surface area contributed by atoms with Gasteiger partial charge in [0.25, 0.3) is 0 Å². The molecule has 0 aliphatic rings. The van der Waals surface area contributed by atoms with Crippen molar-refractivity contribution in [3.05, 3.63) is 35.4 Å². The zero-order chi connectivity index (χ0) is 15.1. The topological polar surface area (TPSA) is 56.8 Å². The molecule has 0 amide bonds. The first kappa shape index (κ1) is 16.3. The first-order chi connectivity index (χ1) is 9.60. The van der Waals surface area contributed by atoms with Crippen LogP contribution in [-0.4, -0.2) is 33.8 Å². The van der Waals surface area contributed by atoms with Crippen LogP contribution in [0.4, 0.5) is 0 Å². The van der Waals surface area contributed by atoms with Gasteiger partial charge in [0.1, 0.15) is 6.04 Å². The second kappa shape index (κ2) is 7.77. The number of carbonyl (C=O) groups is 1. The maximum Gasteiger partial charge on any atom is 0.327 e. The Kier molecular flexibility index (Phi) is 6.35. The average Bonchev–Trinajstić information content (AvgIpc) is 2.47. The number of halogens is 1. The normalized spacial score (nSPS) is 11.6. The Morgan fingerprint density at radius 1 is 1.40 bits per heavy atom. The van der Waals surface area contributed by atoms with Gasteiger partial charge in [-0.15, -0.1) is 6.58 Å². The van der Waals surface area contributed by atoms with E-state index in [0.29, 0.717) is 28.6 Å². The van der Waals surface area contributed by atoms with Crippen molar-refractivity contribution in [1.82, 2.24) is 5.32 Å². The molecule has 0 spiro atoms. The number of ether oxygens (including phenoxy) is 3. The number of benzene rings is 1. The van der Waals surface area contributed by atoms with Gasteiger partial charge < -0.3 is 14.2 Å². The fourth-order valence-corrected chi connectivity index (χ4v) is 2.11. The van der Waals surface area contributed by atoms with Gasteiger partial charge in [-0.2, -0.15) is 0 Å². The van der Waals surface area contributed by atoms with Crippen molar-refractivity contribution in [2.24, 2.45) is 0 Å². The molecule has 5 nitrogen and oxygen atoms in total. The van der Waals surface area contributed by atoms with Crippen LogP contribution >= 0.6 is 11.6 Å².